The maximum atomic E-state index is 11.1. The van der Waals surface area contributed by atoms with Gasteiger partial charge in [0.25, 0.3) is 0 Å². The molecule has 0 aromatic rings. The van der Waals surface area contributed by atoms with Crippen molar-refractivity contribution in [3.8, 4) is 0 Å². The predicted molar refractivity (Wildman–Crippen MR) is 58.3 cm³/mol. The molecule has 3 nitrogen and oxygen atoms in total. The van der Waals surface area contributed by atoms with Crippen molar-refractivity contribution in [2.24, 2.45) is 0 Å². The molecule has 0 spiro atoms. The zero-order valence-electron chi connectivity index (χ0n) is 9.88. The quantitative estimate of drug-likeness (QED) is 0.590. The molecule has 0 aliphatic carbocycles. The Kier molecular flexibility index (Phi) is 7.48. The van der Waals surface area contributed by atoms with E-state index in [1.807, 2.05) is 6.92 Å². The van der Waals surface area contributed by atoms with Gasteiger partial charge in [-0.15, -0.1) is 0 Å². The second-order valence-electron chi connectivity index (χ2n) is 3.67. The molecule has 14 heavy (non-hydrogen) atoms. The zero-order chi connectivity index (χ0) is 11.0. The second kappa shape index (κ2) is 7.80. The highest BCUT2D eigenvalue weighted by Gasteiger charge is 2.10. The molecule has 0 saturated carbocycles. The molecule has 0 aromatic heterocycles. The summed E-state index contributed by atoms with van der Waals surface area (Å²) in [6.07, 6.45) is 2.86. The molecule has 0 heterocycles. The van der Waals surface area contributed by atoms with Crippen LogP contribution >= 0.6 is 0 Å². The van der Waals surface area contributed by atoms with E-state index in [1.54, 1.807) is 0 Å². The van der Waals surface area contributed by atoms with E-state index in [-0.39, 0.29) is 5.97 Å². The fraction of sp³-hybridized carbons (Fsp3) is 0.909. The van der Waals surface area contributed by atoms with Gasteiger partial charge in [0, 0.05) is 12.6 Å². The van der Waals surface area contributed by atoms with E-state index < -0.39 is 0 Å². The smallest absolute Gasteiger partial charge is 0.307 e. The van der Waals surface area contributed by atoms with Gasteiger partial charge in [-0.05, 0) is 27.3 Å². The van der Waals surface area contributed by atoms with Crippen LogP contribution in [-0.2, 0) is 9.53 Å². The largest absolute Gasteiger partial charge is 0.466 e. The van der Waals surface area contributed by atoms with Crippen molar-refractivity contribution < 1.29 is 9.53 Å². The lowest BCUT2D eigenvalue weighted by Gasteiger charge is -2.23. The molecule has 0 saturated heterocycles. The molecule has 1 atom stereocenters. The third kappa shape index (κ3) is 5.97. The highest BCUT2D eigenvalue weighted by atomic mass is 16.5. The van der Waals surface area contributed by atoms with Gasteiger partial charge >= 0.3 is 5.97 Å². The van der Waals surface area contributed by atoms with E-state index >= 15 is 0 Å². The van der Waals surface area contributed by atoms with Gasteiger partial charge in [0.2, 0.25) is 0 Å². The lowest BCUT2D eigenvalue weighted by molar-refractivity contribution is -0.143. The topological polar surface area (TPSA) is 29.5 Å². The van der Waals surface area contributed by atoms with Gasteiger partial charge in [-0.3, -0.25) is 4.79 Å². The monoisotopic (exact) mass is 201 g/mol. The Morgan fingerprint density at radius 1 is 1.43 bits per heavy atom. The lowest BCUT2D eigenvalue weighted by atomic mass is 10.1. The molecule has 0 N–H and O–H groups in total. The first-order valence-electron chi connectivity index (χ1n) is 5.47. The summed E-state index contributed by atoms with van der Waals surface area (Å²) in [7, 11) is 2.06. The first-order chi connectivity index (χ1) is 6.61. The summed E-state index contributed by atoms with van der Waals surface area (Å²) < 4.78 is 4.87. The van der Waals surface area contributed by atoms with Gasteiger partial charge in [0.15, 0.2) is 0 Å². The number of hydrogen-bond donors (Lipinski definition) is 0. The van der Waals surface area contributed by atoms with Gasteiger partial charge in [0.1, 0.15) is 0 Å². The number of carbonyl (C=O) groups excluding carboxylic acids is 1. The lowest BCUT2D eigenvalue weighted by Crippen LogP contribution is -2.31. The van der Waals surface area contributed by atoms with Gasteiger partial charge in [-0.25, -0.2) is 0 Å². The molecular weight excluding hydrogens is 178 g/mol. The van der Waals surface area contributed by atoms with Crippen molar-refractivity contribution in [2.45, 2.75) is 46.1 Å². The first kappa shape index (κ1) is 13.4. The van der Waals surface area contributed by atoms with Crippen LogP contribution in [0.4, 0.5) is 0 Å². The minimum absolute atomic E-state index is 0.0944. The van der Waals surface area contributed by atoms with E-state index in [1.165, 1.54) is 12.8 Å². The Morgan fingerprint density at radius 3 is 2.57 bits per heavy atom. The number of nitrogens with zero attached hydrogens (tertiary/aromatic N) is 1. The van der Waals surface area contributed by atoms with Crippen LogP contribution in [0.2, 0.25) is 0 Å². The Balaban J connectivity index is 3.61. The number of esters is 1. The SMILES string of the molecule is CCCC(C)N(C)CCC(=O)OCC. The van der Waals surface area contributed by atoms with Crippen molar-refractivity contribution in [2.75, 3.05) is 20.2 Å². The Hall–Kier alpha value is -0.570. The molecule has 1 unspecified atom stereocenters. The van der Waals surface area contributed by atoms with Crippen LogP contribution in [-0.4, -0.2) is 37.1 Å². The van der Waals surface area contributed by atoms with Crippen molar-refractivity contribution >= 4 is 5.97 Å². The van der Waals surface area contributed by atoms with E-state index in [9.17, 15) is 4.79 Å². The van der Waals surface area contributed by atoms with Crippen LogP contribution in [0.15, 0.2) is 0 Å². The van der Waals surface area contributed by atoms with Crippen LogP contribution in [0.5, 0.6) is 0 Å². The van der Waals surface area contributed by atoms with Crippen LogP contribution in [0.3, 0.4) is 0 Å². The molecule has 84 valence electrons. The molecule has 0 bridgehead atoms. The third-order valence-electron chi connectivity index (χ3n) is 2.43. The summed E-state index contributed by atoms with van der Waals surface area (Å²) >= 11 is 0. The van der Waals surface area contributed by atoms with E-state index in [2.05, 4.69) is 25.8 Å². The Bertz CT molecular complexity index is 159. The summed E-state index contributed by atoms with van der Waals surface area (Å²) in [5.74, 6) is -0.0944. The molecule has 0 fully saturated rings. The number of ether oxygens (including phenoxy) is 1. The molecular formula is C11H23NO2. The van der Waals surface area contributed by atoms with E-state index in [4.69, 9.17) is 4.74 Å². The number of carbonyl (C=O) groups is 1. The summed E-state index contributed by atoms with van der Waals surface area (Å²) in [5, 5.41) is 0. The standard InChI is InChI=1S/C11H23NO2/c1-5-7-10(3)12(4)9-8-11(13)14-6-2/h10H,5-9H2,1-4H3. The van der Waals surface area contributed by atoms with Crippen molar-refractivity contribution in [3.05, 3.63) is 0 Å². The molecule has 3 heteroatoms. The zero-order valence-corrected chi connectivity index (χ0v) is 9.88. The van der Waals surface area contributed by atoms with Crippen molar-refractivity contribution in [3.63, 3.8) is 0 Å². The Morgan fingerprint density at radius 2 is 2.07 bits per heavy atom. The fourth-order valence-corrected chi connectivity index (χ4v) is 1.36. The first-order valence-corrected chi connectivity index (χ1v) is 5.47. The summed E-state index contributed by atoms with van der Waals surface area (Å²) in [6.45, 7) is 7.47. The maximum Gasteiger partial charge on any atom is 0.307 e. The highest BCUT2D eigenvalue weighted by Crippen LogP contribution is 2.04. The van der Waals surface area contributed by atoms with Gasteiger partial charge < -0.3 is 9.64 Å². The van der Waals surface area contributed by atoms with E-state index in [0.29, 0.717) is 19.1 Å². The Labute approximate surface area is 87.4 Å². The molecule has 0 aliphatic rings. The highest BCUT2D eigenvalue weighted by molar-refractivity contribution is 5.69. The molecule has 0 aromatic carbocycles. The van der Waals surface area contributed by atoms with Gasteiger partial charge in [-0.2, -0.15) is 0 Å². The van der Waals surface area contributed by atoms with Gasteiger partial charge in [-0.1, -0.05) is 13.3 Å². The average Bonchev–Trinajstić information content (AvgIpc) is 2.15. The number of rotatable bonds is 7. The molecule has 0 rings (SSSR count). The summed E-state index contributed by atoms with van der Waals surface area (Å²) in [4.78, 5) is 13.3. The minimum Gasteiger partial charge on any atom is -0.466 e. The molecule has 0 amide bonds. The minimum atomic E-state index is -0.0944. The van der Waals surface area contributed by atoms with Crippen LogP contribution in [0.25, 0.3) is 0 Å². The van der Waals surface area contributed by atoms with Crippen molar-refractivity contribution in [1.29, 1.82) is 0 Å². The average molecular weight is 201 g/mol. The predicted octanol–water partition coefficient (Wildman–Crippen LogP) is 2.06. The summed E-state index contributed by atoms with van der Waals surface area (Å²) in [5.41, 5.74) is 0. The molecule has 0 aliphatic heterocycles. The van der Waals surface area contributed by atoms with Crippen LogP contribution < -0.4 is 0 Å². The summed E-state index contributed by atoms with van der Waals surface area (Å²) in [6, 6.07) is 0.550. The van der Waals surface area contributed by atoms with E-state index in [0.717, 1.165) is 6.54 Å². The van der Waals surface area contributed by atoms with Crippen LogP contribution in [0.1, 0.15) is 40.0 Å². The fourth-order valence-electron chi connectivity index (χ4n) is 1.36. The normalized spacial score (nSPS) is 12.9. The maximum absolute atomic E-state index is 11.1. The number of hydrogen-bond acceptors (Lipinski definition) is 3. The second-order valence-corrected chi connectivity index (χ2v) is 3.67. The third-order valence-corrected chi connectivity index (χ3v) is 2.43. The van der Waals surface area contributed by atoms with Crippen molar-refractivity contribution in [1.82, 2.24) is 4.90 Å². The van der Waals surface area contributed by atoms with Crippen LogP contribution in [0, 0.1) is 0 Å². The van der Waals surface area contributed by atoms with Gasteiger partial charge in [0.05, 0.1) is 13.0 Å². The molecule has 0 radical (unpaired) electrons.